The Morgan fingerprint density at radius 3 is 2.17 bits per heavy atom. The van der Waals surface area contributed by atoms with E-state index >= 15 is 0 Å². The van der Waals surface area contributed by atoms with Crippen molar-refractivity contribution in [2.75, 3.05) is 0 Å². The van der Waals surface area contributed by atoms with Crippen LogP contribution in [0.2, 0.25) is 17.3 Å². The Labute approximate surface area is 299 Å². The van der Waals surface area contributed by atoms with Crippen molar-refractivity contribution >= 4 is 51.0 Å². The average Bonchev–Trinajstić information content (AvgIpc) is 3.64. The minimum Gasteiger partial charge on any atom is 0 e. The number of hydrogen-bond acceptors (Lipinski definition) is 3. The van der Waals surface area contributed by atoms with Crippen LogP contribution in [0, 0.1) is 32.9 Å². The zero-order chi connectivity index (χ0) is 32.7. The summed E-state index contributed by atoms with van der Waals surface area (Å²) in [6.45, 7) is 6.57. The van der Waals surface area contributed by atoms with Crippen LogP contribution in [0.4, 0.5) is 5.69 Å². The number of pyridine rings is 1. The van der Waals surface area contributed by atoms with Crippen LogP contribution in [0.3, 0.4) is 0 Å². The number of nitrogens with zero attached hydrogens (tertiary/aromatic N) is 2. The number of para-hydroxylation sites is 2. The molecular weight excluding hydrogens is 825 g/mol. The maximum absolute atomic E-state index is 6.35. The number of aryl methyl sites for hydroxylation is 3. The number of rotatable bonds is 4. The van der Waals surface area contributed by atoms with E-state index in [1.807, 2.05) is 48.7 Å². The molecule has 1 atom stereocenters. The van der Waals surface area contributed by atoms with Crippen molar-refractivity contribution in [3.05, 3.63) is 161 Å². The molecule has 1 unspecified atom stereocenters. The summed E-state index contributed by atoms with van der Waals surface area (Å²) in [6.07, 6.45) is 2.04. The molecule has 0 spiro atoms. The Morgan fingerprint density at radius 1 is 0.729 bits per heavy atom. The first-order chi connectivity index (χ1) is 22.7. The molecule has 48 heavy (non-hydrogen) atoms. The molecule has 1 radical (unpaired) electrons. The van der Waals surface area contributed by atoms with Gasteiger partial charge in [0, 0.05) is 31.4 Å². The quantitative estimate of drug-likeness (QED) is 0.131. The summed E-state index contributed by atoms with van der Waals surface area (Å²) >= 11 is -1.72. The number of aliphatic imine (C=N–C) groups is 1. The van der Waals surface area contributed by atoms with Gasteiger partial charge in [0.05, 0.1) is 11.3 Å². The number of benzene rings is 5. The zero-order valence-electron chi connectivity index (χ0n) is 28.2. The topological polar surface area (TPSA) is 38.4 Å². The first-order valence-corrected chi connectivity index (χ1v) is 23.5. The molecule has 1 aliphatic rings. The smallest absolute Gasteiger partial charge is 0 e. The van der Waals surface area contributed by atoms with E-state index in [1.165, 1.54) is 32.2 Å². The van der Waals surface area contributed by atoms with E-state index < -0.39 is 13.3 Å². The van der Waals surface area contributed by atoms with Gasteiger partial charge in [0.2, 0.25) is 0 Å². The molecular formula is C43H38GeIrN2O-2. The molecule has 0 fully saturated rings. The average molecular weight is 864 g/mol. The van der Waals surface area contributed by atoms with Gasteiger partial charge in [-0.25, -0.2) is 0 Å². The summed E-state index contributed by atoms with van der Waals surface area (Å²) in [6, 6.07) is 44.3. The van der Waals surface area contributed by atoms with Gasteiger partial charge in [-0.15, -0.1) is 18.2 Å². The van der Waals surface area contributed by atoms with Gasteiger partial charge in [-0.3, -0.25) is 4.99 Å². The van der Waals surface area contributed by atoms with Crippen molar-refractivity contribution in [1.29, 1.82) is 0 Å². The molecule has 8 rings (SSSR count). The minimum absolute atomic E-state index is 0. The van der Waals surface area contributed by atoms with E-state index in [-0.39, 0.29) is 26.0 Å². The third-order valence-corrected chi connectivity index (χ3v) is 13.3. The molecule has 7 aromatic rings. The predicted octanol–water partition coefficient (Wildman–Crippen LogP) is 10.7. The Bertz CT molecular complexity index is 2240. The largest absolute Gasteiger partial charge is 0 e. The third-order valence-electron chi connectivity index (χ3n) is 9.00. The predicted molar refractivity (Wildman–Crippen MR) is 199 cm³/mol. The summed E-state index contributed by atoms with van der Waals surface area (Å²) in [5, 5.41) is 2.24. The molecule has 2 aromatic heterocycles. The van der Waals surface area contributed by atoms with Crippen LogP contribution in [0.5, 0.6) is 0 Å². The number of hydrogen-bond donors (Lipinski definition) is 0. The van der Waals surface area contributed by atoms with E-state index in [2.05, 4.69) is 122 Å². The molecule has 0 N–H and O–H groups in total. The van der Waals surface area contributed by atoms with Gasteiger partial charge >= 0.3 is 99.8 Å². The summed E-state index contributed by atoms with van der Waals surface area (Å²) in [5.41, 5.74) is 13.3. The van der Waals surface area contributed by atoms with Crippen LogP contribution in [-0.2, 0) is 20.1 Å². The Balaban J connectivity index is 0.000000201. The Hall–Kier alpha value is -4.09. The second-order valence-corrected chi connectivity index (χ2v) is 24.1. The normalized spacial score (nSPS) is 13.8. The molecule has 5 heteroatoms. The molecule has 3 nitrogen and oxygen atoms in total. The Morgan fingerprint density at radius 2 is 1.46 bits per heavy atom. The number of fused-ring (bicyclic) bond motifs is 4. The van der Waals surface area contributed by atoms with Crippen LogP contribution < -0.4 is 4.40 Å². The standard InChI is InChI=1S/C29H22NO.C14H16GeN.Ir/c1-17-15-18(2)26(19(3)16-17)27-22-10-4-6-13-24(22)30-28(27)23-12-8-11-21-20-9-5-7-14-25(20)31-29(21)23;1-15(2,3)13-9-10-14(16-11-13)12-7-5-4-6-8-12;/h4-11,13-16,27H,1-3H3;4-7,9-11H,1-3H3;/q2*-1;. The summed E-state index contributed by atoms with van der Waals surface area (Å²) in [5.74, 6) is 7.20. The van der Waals surface area contributed by atoms with Crippen LogP contribution in [0.1, 0.15) is 39.3 Å². The maximum atomic E-state index is 6.35. The molecule has 0 saturated carbocycles. The van der Waals surface area contributed by atoms with Gasteiger partial charge < -0.3 is 4.42 Å². The second kappa shape index (κ2) is 13.8. The maximum Gasteiger partial charge on any atom is 0 e. The van der Waals surface area contributed by atoms with Gasteiger partial charge in [-0.1, -0.05) is 65.0 Å². The molecule has 0 saturated heterocycles. The number of aromatic nitrogens is 1. The summed E-state index contributed by atoms with van der Waals surface area (Å²) in [7, 11) is 0. The van der Waals surface area contributed by atoms with Gasteiger partial charge in [0.1, 0.15) is 5.58 Å². The van der Waals surface area contributed by atoms with Gasteiger partial charge in [0.15, 0.2) is 0 Å². The van der Waals surface area contributed by atoms with E-state index in [1.54, 1.807) is 0 Å². The zero-order valence-corrected chi connectivity index (χ0v) is 32.7. The molecule has 0 bridgehead atoms. The van der Waals surface area contributed by atoms with Gasteiger partial charge in [-0.05, 0) is 60.9 Å². The molecule has 3 heterocycles. The van der Waals surface area contributed by atoms with Crippen molar-refractivity contribution in [3.8, 4) is 11.3 Å². The fourth-order valence-electron chi connectivity index (χ4n) is 6.74. The van der Waals surface area contributed by atoms with Crippen LogP contribution in [-0.4, -0.2) is 24.0 Å². The van der Waals surface area contributed by atoms with Crippen molar-refractivity contribution < 1.29 is 24.5 Å². The van der Waals surface area contributed by atoms with E-state index in [4.69, 9.17) is 9.41 Å². The van der Waals surface area contributed by atoms with Crippen LogP contribution >= 0.6 is 0 Å². The van der Waals surface area contributed by atoms with E-state index in [0.717, 1.165) is 50.2 Å². The first kappa shape index (κ1) is 33.8. The van der Waals surface area contributed by atoms with Gasteiger partial charge in [-0.2, -0.15) is 0 Å². The van der Waals surface area contributed by atoms with Crippen molar-refractivity contribution in [1.82, 2.24) is 4.98 Å². The van der Waals surface area contributed by atoms with Crippen LogP contribution in [0.15, 0.2) is 125 Å². The molecule has 0 amide bonds. The number of furan rings is 1. The SMILES string of the molecule is Cc1cc(C)c(C2C(c3[c-]ccc4c3oc3ccccc34)=Nc3ccccc32)c(C)c1.[CH3][Ge]([CH3])([CH3])[c]1ccc(-c2[c-]cccc2)nc1.[Ir]. The fourth-order valence-corrected chi connectivity index (χ4v) is 8.92. The van der Waals surface area contributed by atoms with Crippen molar-refractivity contribution in [2.24, 2.45) is 4.99 Å². The third kappa shape index (κ3) is 6.50. The summed E-state index contributed by atoms with van der Waals surface area (Å²) in [4.78, 5) is 9.66. The molecule has 241 valence electrons. The Kier molecular flexibility index (Phi) is 9.72. The molecule has 0 aliphatic carbocycles. The summed E-state index contributed by atoms with van der Waals surface area (Å²) < 4.78 is 7.79. The molecule has 5 aromatic carbocycles. The second-order valence-electron chi connectivity index (χ2n) is 13.5. The van der Waals surface area contributed by atoms with Crippen molar-refractivity contribution in [2.45, 2.75) is 44.0 Å². The monoisotopic (exact) mass is 865 g/mol. The first-order valence-electron chi connectivity index (χ1n) is 16.2. The van der Waals surface area contributed by atoms with E-state index in [9.17, 15) is 0 Å². The fraction of sp³-hybridized carbons (Fsp3) is 0.163. The molecule has 1 aliphatic heterocycles. The van der Waals surface area contributed by atoms with E-state index in [0.29, 0.717) is 0 Å². The minimum atomic E-state index is -1.72. The van der Waals surface area contributed by atoms with Crippen molar-refractivity contribution in [3.63, 3.8) is 0 Å². The van der Waals surface area contributed by atoms with Crippen LogP contribution in [0.25, 0.3) is 33.2 Å². The van der Waals surface area contributed by atoms with Gasteiger partial charge in [0.25, 0.3) is 0 Å².